The highest BCUT2D eigenvalue weighted by Crippen LogP contribution is 2.47. The first-order chi connectivity index (χ1) is 13.6. The predicted molar refractivity (Wildman–Crippen MR) is 102 cm³/mol. The summed E-state index contributed by atoms with van der Waals surface area (Å²) in [7, 11) is 0. The first-order valence-electron chi connectivity index (χ1n) is 10.9. The Balaban J connectivity index is 1.23. The Morgan fingerprint density at radius 1 is 1.11 bits per heavy atom. The standard InChI is InChI=1S/C21H31N3O4/c25-18(24-7-3-4-8-24)12-23-10-15-16(11-23)20-14(9-17(28-20)19(15)26)21(27)22-13-5-1-2-6-13/h1-2,13-17,19-20,26H,3-12H2,(H,22,27)/t14?,15-,16+,17+,19+,20-/m1/s1. The first-order valence-corrected chi connectivity index (χ1v) is 10.9. The second-order valence-corrected chi connectivity index (χ2v) is 9.23. The number of rotatable bonds is 4. The number of aliphatic hydroxyl groups is 1. The van der Waals surface area contributed by atoms with Crippen molar-refractivity contribution in [3.63, 3.8) is 0 Å². The largest absolute Gasteiger partial charge is 0.390 e. The van der Waals surface area contributed by atoms with Gasteiger partial charge in [0.15, 0.2) is 0 Å². The van der Waals surface area contributed by atoms with Crippen LogP contribution in [-0.4, -0.2) is 83.8 Å². The van der Waals surface area contributed by atoms with Crippen molar-refractivity contribution in [1.29, 1.82) is 0 Å². The lowest BCUT2D eigenvalue weighted by Gasteiger charge is -2.36. The maximum Gasteiger partial charge on any atom is 0.236 e. The van der Waals surface area contributed by atoms with Gasteiger partial charge in [-0.3, -0.25) is 14.5 Å². The number of nitrogens with zero attached hydrogens (tertiary/aromatic N) is 2. The number of carbonyl (C=O) groups is 2. The van der Waals surface area contributed by atoms with Gasteiger partial charge in [-0.05, 0) is 32.1 Å². The van der Waals surface area contributed by atoms with Gasteiger partial charge in [0.2, 0.25) is 11.8 Å². The van der Waals surface area contributed by atoms with Crippen LogP contribution in [0.5, 0.6) is 0 Å². The smallest absolute Gasteiger partial charge is 0.236 e. The third-order valence-corrected chi connectivity index (χ3v) is 7.45. The van der Waals surface area contributed by atoms with Crippen LogP contribution < -0.4 is 5.32 Å². The van der Waals surface area contributed by atoms with Crippen LogP contribution in [0.3, 0.4) is 0 Å². The van der Waals surface area contributed by atoms with Crippen LogP contribution in [0.15, 0.2) is 12.2 Å². The molecule has 0 aromatic rings. The van der Waals surface area contributed by atoms with Crippen molar-refractivity contribution >= 4 is 11.8 Å². The number of likely N-dealkylation sites (tertiary alicyclic amines) is 2. The van der Waals surface area contributed by atoms with Crippen LogP contribution in [0.25, 0.3) is 0 Å². The van der Waals surface area contributed by atoms with E-state index in [0.29, 0.717) is 13.0 Å². The highest BCUT2D eigenvalue weighted by Gasteiger charge is 2.58. The van der Waals surface area contributed by atoms with Crippen LogP contribution in [0, 0.1) is 17.8 Å². The molecular formula is C21H31N3O4. The fourth-order valence-electron chi connectivity index (χ4n) is 5.97. The summed E-state index contributed by atoms with van der Waals surface area (Å²) in [5, 5.41) is 14.0. The molecule has 0 radical (unpaired) electrons. The van der Waals surface area contributed by atoms with Crippen LogP contribution in [0.2, 0.25) is 0 Å². The van der Waals surface area contributed by atoms with E-state index in [4.69, 9.17) is 4.74 Å². The Bertz CT molecular complexity index is 654. The molecule has 2 amide bonds. The Morgan fingerprint density at radius 2 is 1.82 bits per heavy atom. The summed E-state index contributed by atoms with van der Waals surface area (Å²) in [6, 6.07) is 0.201. The summed E-state index contributed by atoms with van der Waals surface area (Å²) in [5.74, 6) is 0.295. The zero-order valence-electron chi connectivity index (χ0n) is 16.3. The molecule has 5 rings (SSSR count). The van der Waals surface area contributed by atoms with E-state index >= 15 is 0 Å². The third-order valence-electron chi connectivity index (χ3n) is 7.45. The Labute approximate surface area is 166 Å². The van der Waals surface area contributed by atoms with E-state index in [1.54, 1.807) is 0 Å². The van der Waals surface area contributed by atoms with Gasteiger partial charge in [0.05, 0.1) is 30.8 Å². The molecule has 7 nitrogen and oxygen atoms in total. The molecule has 5 aliphatic rings. The minimum Gasteiger partial charge on any atom is -0.390 e. The number of nitrogens with one attached hydrogen (secondary N) is 1. The van der Waals surface area contributed by atoms with Gasteiger partial charge in [-0.25, -0.2) is 0 Å². The number of amides is 2. The summed E-state index contributed by atoms with van der Waals surface area (Å²) in [4.78, 5) is 29.5. The van der Waals surface area contributed by atoms with Gasteiger partial charge < -0.3 is 20.1 Å². The van der Waals surface area contributed by atoms with Gasteiger partial charge in [0.1, 0.15) is 0 Å². The van der Waals surface area contributed by atoms with E-state index in [0.717, 1.165) is 51.9 Å². The van der Waals surface area contributed by atoms with E-state index in [1.165, 1.54) is 0 Å². The summed E-state index contributed by atoms with van der Waals surface area (Å²) in [5.41, 5.74) is 0. The van der Waals surface area contributed by atoms with Crippen molar-refractivity contribution in [3.05, 3.63) is 12.2 Å². The Kier molecular flexibility index (Phi) is 4.93. The van der Waals surface area contributed by atoms with Crippen LogP contribution in [0.4, 0.5) is 0 Å². The molecule has 154 valence electrons. The van der Waals surface area contributed by atoms with Crippen LogP contribution in [0.1, 0.15) is 32.1 Å². The van der Waals surface area contributed by atoms with E-state index in [9.17, 15) is 14.7 Å². The van der Waals surface area contributed by atoms with Crippen molar-refractivity contribution in [1.82, 2.24) is 15.1 Å². The molecule has 1 aliphatic carbocycles. The number of ether oxygens (including phenoxy) is 1. The Hall–Kier alpha value is -1.44. The van der Waals surface area contributed by atoms with Crippen molar-refractivity contribution < 1.29 is 19.4 Å². The van der Waals surface area contributed by atoms with Gasteiger partial charge in [-0.15, -0.1) is 0 Å². The van der Waals surface area contributed by atoms with E-state index in [-0.39, 0.29) is 47.8 Å². The maximum absolute atomic E-state index is 12.9. The molecule has 0 aromatic carbocycles. The first kappa shape index (κ1) is 18.6. The number of aliphatic hydroxyl groups excluding tert-OH is 1. The maximum atomic E-state index is 12.9. The lowest BCUT2D eigenvalue weighted by molar-refractivity contribution is -0.141. The van der Waals surface area contributed by atoms with Gasteiger partial charge in [-0.1, -0.05) is 12.2 Å². The second kappa shape index (κ2) is 7.43. The number of hydrogen-bond acceptors (Lipinski definition) is 5. The van der Waals surface area contributed by atoms with Crippen molar-refractivity contribution in [3.8, 4) is 0 Å². The highest BCUT2D eigenvalue weighted by atomic mass is 16.5. The van der Waals surface area contributed by atoms with Crippen LogP contribution in [-0.2, 0) is 14.3 Å². The monoisotopic (exact) mass is 389 g/mol. The molecule has 0 aromatic heterocycles. The number of carbonyl (C=O) groups excluding carboxylic acids is 2. The average molecular weight is 389 g/mol. The molecule has 28 heavy (non-hydrogen) atoms. The molecule has 7 heteroatoms. The number of hydrogen-bond donors (Lipinski definition) is 2. The summed E-state index contributed by atoms with van der Waals surface area (Å²) < 4.78 is 6.13. The molecule has 4 fully saturated rings. The third kappa shape index (κ3) is 3.27. The molecule has 1 unspecified atom stereocenters. The van der Waals surface area contributed by atoms with Crippen molar-refractivity contribution in [2.45, 2.75) is 56.5 Å². The van der Waals surface area contributed by atoms with E-state index in [2.05, 4.69) is 22.4 Å². The van der Waals surface area contributed by atoms with E-state index < -0.39 is 6.10 Å². The van der Waals surface area contributed by atoms with Crippen molar-refractivity contribution in [2.75, 3.05) is 32.7 Å². The molecule has 4 aliphatic heterocycles. The molecule has 2 N–H and O–H groups in total. The number of fused-ring (bicyclic) bond motifs is 4. The lowest BCUT2D eigenvalue weighted by Crippen LogP contribution is -2.48. The average Bonchev–Trinajstić information content (AvgIpc) is 3.44. The predicted octanol–water partition coefficient (Wildman–Crippen LogP) is 0.140. The quantitative estimate of drug-likeness (QED) is 0.669. The molecule has 4 heterocycles. The minimum atomic E-state index is -0.543. The highest BCUT2D eigenvalue weighted by molar-refractivity contribution is 5.80. The summed E-state index contributed by atoms with van der Waals surface area (Å²) in [6.45, 7) is 3.61. The molecule has 4 saturated heterocycles. The second-order valence-electron chi connectivity index (χ2n) is 9.23. The summed E-state index contributed by atoms with van der Waals surface area (Å²) in [6.07, 6.45) is 7.89. The lowest BCUT2D eigenvalue weighted by atomic mass is 9.83. The van der Waals surface area contributed by atoms with Gasteiger partial charge in [-0.2, -0.15) is 0 Å². The molecule has 0 spiro atoms. The SMILES string of the molecule is O=C(NC1CC=CC1)C1C[C@@H]2O[C@H]1[C@H]1CN(CC(=O)N3CCCC3)C[C@H]1[C@@H]2O. The van der Waals surface area contributed by atoms with Crippen LogP contribution >= 0.6 is 0 Å². The minimum absolute atomic E-state index is 0.0700. The molecule has 6 atom stereocenters. The normalized spacial score (nSPS) is 40.2. The molecular weight excluding hydrogens is 358 g/mol. The fourth-order valence-corrected chi connectivity index (χ4v) is 5.97. The summed E-state index contributed by atoms with van der Waals surface area (Å²) >= 11 is 0. The van der Waals surface area contributed by atoms with Gasteiger partial charge in [0.25, 0.3) is 0 Å². The zero-order chi connectivity index (χ0) is 19.3. The van der Waals surface area contributed by atoms with Gasteiger partial charge in [0, 0.05) is 44.1 Å². The zero-order valence-corrected chi connectivity index (χ0v) is 16.3. The molecule has 0 saturated carbocycles. The van der Waals surface area contributed by atoms with E-state index in [1.807, 2.05) is 4.90 Å². The topological polar surface area (TPSA) is 82.1 Å². The fraction of sp³-hybridized carbons (Fsp3) is 0.810. The van der Waals surface area contributed by atoms with Crippen molar-refractivity contribution in [2.24, 2.45) is 17.8 Å². The van der Waals surface area contributed by atoms with Gasteiger partial charge >= 0.3 is 0 Å². The molecule has 2 bridgehead atoms. The Morgan fingerprint density at radius 3 is 2.57 bits per heavy atom.